The summed E-state index contributed by atoms with van der Waals surface area (Å²) >= 11 is 0. The Morgan fingerprint density at radius 1 is 1.10 bits per heavy atom. The lowest BCUT2D eigenvalue weighted by Crippen LogP contribution is -2.37. The Bertz CT molecular complexity index is 1260. The molecule has 0 bridgehead atoms. The predicted octanol–water partition coefficient (Wildman–Crippen LogP) is 5.15. The monoisotopic (exact) mass is 551 g/mol. The average Bonchev–Trinajstić information content (AvgIpc) is 3.22. The highest BCUT2D eigenvalue weighted by Gasteiger charge is 2.45. The van der Waals surface area contributed by atoms with Crippen LogP contribution in [-0.4, -0.2) is 56.0 Å². The fraction of sp³-hybridized carbons (Fsp3) is 0.419. The topological polar surface area (TPSA) is 116 Å². The quantitative estimate of drug-likeness (QED) is 0.233. The number of anilines is 1. The molecular weight excluding hydrogens is 514 g/mol. The van der Waals surface area contributed by atoms with E-state index >= 15 is 0 Å². The molecule has 0 amide bonds. The number of ether oxygens (including phenoxy) is 6. The van der Waals surface area contributed by atoms with Gasteiger partial charge in [0.1, 0.15) is 29.6 Å². The van der Waals surface area contributed by atoms with Crippen molar-refractivity contribution in [3.63, 3.8) is 0 Å². The van der Waals surface area contributed by atoms with E-state index in [1.807, 2.05) is 39.0 Å². The number of hydrogen-bond donors (Lipinski definition) is 1. The highest BCUT2D eigenvalue weighted by molar-refractivity contribution is 5.97. The second-order valence-electron chi connectivity index (χ2n) is 10.4. The van der Waals surface area contributed by atoms with E-state index in [0.717, 1.165) is 0 Å². The summed E-state index contributed by atoms with van der Waals surface area (Å²) in [7, 11) is 1.49. The van der Waals surface area contributed by atoms with Gasteiger partial charge in [0, 0.05) is 24.8 Å². The molecule has 1 fully saturated rings. The van der Waals surface area contributed by atoms with Crippen molar-refractivity contribution >= 4 is 23.7 Å². The summed E-state index contributed by atoms with van der Waals surface area (Å²) in [6.45, 7) is 7.30. The number of nitrogen functional groups attached to an aromatic ring is 1. The van der Waals surface area contributed by atoms with Crippen LogP contribution in [0.2, 0.25) is 0 Å². The van der Waals surface area contributed by atoms with Crippen molar-refractivity contribution < 1.29 is 38.0 Å². The fourth-order valence-electron chi connectivity index (χ4n) is 4.66. The molecule has 2 aromatic carbocycles. The minimum Gasteiger partial charge on any atom is -0.467 e. The molecule has 0 radical (unpaired) electrons. The van der Waals surface area contributed by atoms with Crippen LogP contribution in [0.3, 0.4) is 0 Å². The van der Waals surface area contributed by atoms with Crippen LogP contribution in [0.1, 0.15) is 60.4 Å². The van der Waals surface area contributed by atoms with Crippen molar-refractivity contribution in [1.29, 1.82) is 0 Å². The number of benzene rings is 2. The molecule has 2 heterocycles. The van der Waals surface area contributed by atoms with E-state index < -0.39 is 42.1 Å². The Balaban J connectivity index is 1.73. The largest absolute Gasteiger partial charge is 0.467 e. The zero-order chi connectivity index (χ0) is 28.9. The maximum atomic E-state index is 13.4. The molecule has 0 aliphatic carbocycles. The van der Waals surface area contributed by atoms with E-state index in [1.165, 1.54) is 7.11 Å². The number of cyclic esters (lactones) is 1. The summed E-state index contributed by atoms with van der Waals surface area (Å²) in [5.41, 5.74) is 7.76. The minimum atomic E-state index is -0.899. The van der Waals surface area contributed by atoms with Gasteiger partial charge in [0.15, 0.2) is 12.6 Å². The van der Waals surface area contributed by atoms with E-state index in [0.29, 0.717) is 23.2 Å². The summed E-state index contributed by atoms with van der Waals surface area (Å²) in [5.74, 6) is -1.89. The van der Waals surface area contributed by atoms with Crippen LogP contribution in [0.5, 0.6) is 5.75 Å². The van der Waals surface area contributed by atoms with Gasteiger partial charge in [-0.3, -0.25) is 0 Å². The number of carbonyl (C=O) groups is 2. The maximum absolute atomic E-state index is 13.4. The standard InChI is InChI=1S/C31H37NO8/c1-19-14-15-24(38-29(33)21-10-7-6-8-11-21)28-25(39-31(3,4)40-28)13-9-12-22-16-23(32)17-26(36-18-35-5)27(22)30(34)37-20(19)2/h6-12,14-17,19-20,24-25,28H,13,18,32H2,1-5H3/b12-9?,15-14-/t19-,20+,24?,25+,28-/m1/s1. The molecule has 1 unspecified atom stereocenters. The van der Waals surface area contributed by atoms with Crippen LogP contribution in [0, 0.1) is 5.92 Å². The van der Waals surface area contributed by atoms with Gasteiger partial charge < -0.3 is 34.2 Å². The predicted molar refractivity (Wildman–Crippen MR) is 150 cm³/mol. The summed E-state index contributed by atoms with van der Waals surface area (Å²) in [4.78, 5) is 26.4. The van der Waals surface area contributed by atoms with Crippen molar-refractivity contribution in [2.24, 2.45) is 5.92 Å². The van der Waals surface area contributed by atoms with Crippen molar-refractivity contribution in [3.8, 4) is 5.75 Å². The smallest absolute Gasteiger partial charge is 0.342 e. The van der Waals surface area contributed by atoms with Gasteiger partial charge in [-0.05, 0) is 57.0 Å². The SMILES string of the molecule is COCOc1cc(N)cc2c1C(=O)O[C@@H](C)[C@H](C)/C=C\C(OC(=O)c1ccccc1)[C@H]1OC(C)(C)O[C@H]1CC=C2. The van der Waals surface area contributed by atoms with Gasteiger partial charge in [0.25, 0.3) is 0 Å². The summed E-state index contributed by atoms with van der Waals surface area (Å²) in [5, 5.41) is 0. The number of methoxy groups -OCH3 is 1. The van der Waals surface area contributed by atoms with Crippen LogP contribution in [-0.2, 0) is 23.7 Å². The second-order valence-corrected chi connectivity index (χ2v) is 10.4. The van der Waals surface area contributed by atoms with Gasteiger partial charge in [0.2, 0.25) is 0 Å². The summed E-state index contributed by atoms with van der Waals surface area (Å²) in [6, 6.07) is 12.0. The lowest BCUT2D eigenvalue weighted by molar-refractivity contribution is -0.152. The molecule has 2 aliphatic heterocycles. The third kappa shape index (κ3) is 7.10. The highest BCUT2D eigenvalue weighted by atomic mass is 16.8. The lowest BCUT2D eigenvalue weighted by atomic mass is 9.98. The van der Waals surface area contributed by atoms with E-state index in [4.69, 9.17) is 34.2 Å². The Morgan fingerprint density at radius 2 is 1.85 bits per heavy atom. The van der Waals surface area contributed by atoms with Crippen molar-refractivity contribution in [1.82, 2.24) is 0 Å². The Kier molecular flexibility index (Phi) is 9.29. The molecule has 0 saturated carbocycles. The van der Waals surface area contributed by atoms with Crippen LogP contribution >= 0.6 is 0 Å². The van der Waals surface area contributed by atoms with Crippen molar-refractivity contribution in [2.75, 3.05) is 19.6 Å². The minimum absolute atomic E-state index is 0.0608. The molecule has 9 nitrogen and oxygen atoms in total. The zero-order valence-corrected chi connectivity index (χ0v) is 23.5. The van der Waals surface area contributed by atoms with Crippen LogP contribution in [0.4, 0.5) is 5.69 Å². The molecule has 2 N–H and O–H groups in total. The van der Waals surface area contributed by atoms with Crippen LogP contribution < -0.4 is 10.5 Å². The summed E-state index contributed by atoms with van der Waals surface area (Å²) < 4.78 is 35.0. The number of rotatable bonds is 5. The first kappa shape index (κ1) is 29.3. The molecule has 2 aromatic rings. The zero-order valence-electron chi connectivity index (χ0n) is 23.5. The first-order chi connectivity index (χ1) is 19.1. The molecule has 2 aliphatic rings. The van der Waals surface area contributed by atoms with Gasteiger partial charge in [-0.2, -0.15) is 0 Å². The Labute approximate surface area is 234 Å². The van der Waals surface area contributed by atoms with Gasteiger partial charge in [-0.25, -0.2) is 9.59 Å². The number of carbonyl (C=O) groups excluding carboxylic acids is 2. The normalized spacial score (nSPS) is 27.0. The van der Waals surface area contributed by atoms with E-state index in [-0.39, 0.29) is 24.0 Å². The van der Waals surface area contributed by atoms with Crippen LogP contribution in [0.25, 0.3) is 6.08 Å². The van der Waals surface area contributed by atoms with Crippen molar-refractivity contribution in [3.05, 3.63) is 77.4 Å². The first-order valence-corrected chi connectivity index (χ1v) is 13.3. The molecule has 1 saturated heterocycles. The Morgan fingerprint density at radius 3 is 2.58 bits per heavy atom. The summed E-state index contributed by atoms with van der Waals surface area (Å²) in [6.07, 6.45) is 5.40. The molecule has 0 spiro atoms. The Hall–Kier alpha value is -3.66. The molecule has 4 rings (SSSR count). The number of fused-ring (bicyclic) bond motifs is 2. The maximum Gasteiger partial charge on any atom is 0.342 e. The van der Waals surface area contributed by atoms with Crippen molar-refractivity contribution in [2.45, 2.75) is 64.3 Å². The molecule has 214 valence electrons. The van der Waals surface area contributed by atoms with Gasteiger partial charge >= 0.3 is 11.9 Å². The molecule has 40 heavy (non-hydrogen) atoms. The average molecular weight is 552 g/mol. The second kappa shape index (κ2) is 12.7. The van der Waals surface area contributed by atoms with E-state index in [9.17, 15) is 9.59 Å². The van der Waals surface area contributed by atoms with E-state index in [1.54, 1.807) is 55.5 Å². The number of hydrogen-bond acceptors (Lipinski definition) is 9. The van der Waals surface area contributed by atoms with Gasteiger partial charge in [-0.1, -0.05) is 43.4 Å². The molecule has 0 aromatic heterocycles. The first-order valence-electron chi connectivity index (χ1n) is 13.3. The fourth-order valence-corrected chi connectivity index (χ4v) is 4.66. The van der Waals surface area contributed by atoms with Crippen LogP contribution in [0.15, 0.2) is 60.7 Å². The highest BCUT2D eigenvalue weighted by Crippen LogP contribution is 2.35. The third-order valence-corrected chi connectivity index (χ3v) is 6.79. The number of nitrogens with two attached hydrogens (primary N) is 1. The van der Waals surface area contributed by atoms with Gasteiger partial charge in [-0.15, -0.1) is 0 Å². The van der Waals surface area contributed by atoms with E-state index in [2.05, 4.69) is 0 Å². The van der Waals surface area contributed by atoms with Gasteiger partial charge in [0.05, 0.1) is 11.7 Å². The molecule has 5 atom stereocenters. The lowest BCUT2D eigenvalue weighted by Gasteiger charge is -2.25. The molecular formula is C31H37NO8. The molecule has 9 heteroatoms. The third-order valence-electron chi connectivity index (χ3n) is 6.79. The number of esters is 2.